The molecular formula is C13H18BrN. The number of rotatable bonds is 4. The second-order valence-electron chi connectivity index (χ2n) is 3.92. The Hall–Kier alpha value is -0.600. The maximum atomic E-state index is 6.16. The van der Waals surface area contributed by atoms with Crippen LogP contribution in [0.1, 0.15) is 36.9 Å². The van der Waals surface area contributed by atoms with Gasteiger partial charge in [-0.2, -0.15) is 0 Å². The number of hydrogen-bond donors (Lipinski definition) is 1. The molecule has 1 aromatic carbocycles. The van der Waals surface area contributed by atoms with Crippen LogP contribution in [0.3, 0.4) is 0 Å². The number of nitrogens with two attached hydrogens (primary N) is 1. The summed E-state index contributed by atoms with van der Waals surface area (Å²) in [6.07, 6.45) is 1.87. The summed E-state index contributed by atoms with van der Waals surface area (Å²) >= 11 is 3.47. The molecule has 0 saturated carbocycles. The number of hydrogen-bond acceptors (Lipinski definition) is 1. The van der Waals surface area contributed by atoms with Gasteiger partial charge in [0.05, 0.1) is 0 Å². The molecule has 0 bridgehead atoms. The lowest BCUT2D eigenvalue weighted by atomic mass is 9.96. The molecule has 0 radical (unpaired) electrons. The van der Waals surface area contributed by atoms with Gasteiger partial charge in [0.25, 0.3) is 0 Å². The number of aryl methyl sites for hydroxylation is 1. The van der Waals surface area contributed by atoms with Crippen LogP contribution in [0.25, 0.3) is 0 Å². The van der Waals surface area contributed by atoms with Gasteiger partial charge in [-0.05, 0) is 43.0 Å². The highest BCUT2D eigenvalue weighted by Gasteiger charge is 2.10. The molecule has 0 aliphatic heterocycles. The fourth-order valence-electron chi connectivity index (χ4n) is 1.58. The molecule has 1 nitrogen and oxygen atoms in total. The predicted molar refractivity (Wildman–Crippen MR) is 69.9 cm³/mol. The molecule has 2 heteroatoms. The van der Waals surface area contributed by atoms with Crippen molar-refractivity contribution in [2.45, 2.75) is 32.7 Å². The molecule has 0 saturated heterocycles. The second-order valence-corrected chi connectivity index (χ2v) is 4.83. The molecule has 1 unspecified atom stereocenters. The van der Waals surface area contributed by atoms with Crippen molar-refractivity contribution in [2.24, 2.45) is 5.73 Å². The highest BCUT2D eigenvalue weighted by Crippen LogP contribution is 2.25. The average molecular weight is 268 g/mol. The third kappa shape index (κ3) is 3.47. The van der Waals surface area contributed by atoms with Gasteiger partial charge in [-0.25, -0.2) is 0 Å². The van der Waals surface area contributed by atoms with Gasteiger partial charge in [-0.15, -0.1) is 0 Å². The fourth-order valence-corrected chi connectivity index (χ4v) is 1.95. The van der Waals surface area contributed by atoms with Gasteiger partial charge in [0.2, 0.25) is 0 Å². The normalized spacial score (nSPS) is 12.5. The van der Waals surface area contributed by atoms with E-state index in [0.717, 1.165) is 17.3 Å². The largest absolute Gasteiger partial charge is 0.324 e. The minimum absolute atomic E-state index is 0.0648. The first-order valence-electron chi connectivity index (χ1n) is 5.23. The van der Waals surface area contributed by atoms with Crippen LogP contribution in [0.4, 0.5) is 0 Å². The van der Waals surface area contributed by atoms with Crippen LogP contribution in [-0.4, -0.2) is 0 Å². The first-order valence-corrected chi connectivity index (χ1v) is 6.02. The summed E-state index contributed by atoms with van der Waals surface area (Å²) in [7, 11) is 0. The lowest BCUT2D eigenvalue weighted by molar-refractivity contribution is 0.696. The number of benzene rings is 1. The Bertz CT molecular complexity index is 358. The van der Waals surface area contributed by atoms with Crippen molar-refractivity contribution in [3.63, 3.8) is 0 Å². The minimum atomic E-state index is 0.0648. The molecule has 1 aromatic rings. The molecule has 2 N–H and O–H groups in total. The molecule has 0 aromatic heterocycles. The molecule has 0 aliphatic rings. The van der Waals surface area contributed by atoms with Gasteiger partial charge >= 0.3 is 0 Å². The first kappa shape index (κ1) is 12.5. The van der Waals surface area contributed by atoms with Gasteiger partial charge in [-0.3, -0.25) is 0 Å². The summed E-state index contributed by atoms with van der Waals surface area (Å²) in [6, 6.07) is 6.30. The van der Waals surface area contributed by atoms with E-state index >= 15 is 0 Å². The summed E-state index contributed by atoms with van der Waals surface area (Å²) < 4.78 is 1.08. The van der Waals surface area contributed by atoms with E-state index in [2.05, 4.69) is 48.5 Å². The molecular weight excluding hydrogens is 250 g/mol. The van der Waals surface area contributed by atoms with Crippen LogP contribution in [0, 0.1) is 6.92 Å². The summed E-state index contributed by atoms with van der Waals surface area (Å²) in [5, 5.41) is 0. The van der Waals surface area contributed by atoms with Crippen LogP contribution < -0.4 is 5.73 Å². The Morgan fingerprint density at radius 2 is 2.20 bits per heavy atom. The van der Waals surface area contributed by atoms with Gasteiger partial charge in [0.15, 0.2) is 0 Å². The van der Waals surface area contributed by atoms with Crippen LogP contribution in [0.2, 0.25) is 0 Å². The molecule has 15 heavy (non-hydrogen) atoms. The van der Waals surface area contributed by atoms with Crippen molar-refractivity contribution in [1.82, 2.24) is 0 Å². The van der Waals surface area contributed by atoms with Crippen molar-refractivity contribution < 1.29 is 0 Å². The van der Waals surface area contributed by atoms with Gasteiger partial charge in [0.1, 0.15) is 0 Å². The zero-order chi connectivity index (χ0) is 11.4. The van der Waals surface area contributed by atoms with Gasteiger partial charge in [0, 0.05) is 10.5 Å². The van der Waals surface area contributed by atoms with Crippen LogP contribution in [-0.2, 0) is 0 Å². The summed E-state index contributed by atoms with van der Waals surface area (Å²) in [5.41, 5.74) is 9.82. The molecule has 0 amide bonds. The van der Waals surface area contributed by atoms with Gasteiger partial charge < -0.3 is 5.73 Å². The second kappa shape index (κ2) is 5.47. The Kier molecular flexibility index (Phi) is 4.55. The Morgan fingerprint density at radius 3 is 2.80 bits per heavy atom. The Labute approximate surface area is 101 Å². The van der Waals surface area contributed by atoms with Crippen molar-refractivity contribution in [3.8, 4) is 0 Å². The van der Waals surface area contributed by atoms with Crippen LogP contribution >= 0.6 is 15.9 Å². The molecule has 82 valence electrons. The molecule has 0 aliphatic carbocycles. The lowest BCUT2D eigenvalue weighted by Crippen LogP contribution is -2.12. The Morgan fingerprint density at radius 1 is 1.53 bits per heavy atom. The van der Waals surface area contributed by atoms with E-state index in [1.54, 1.807) is 0 Å². The minimum Gasteiger partial charge on any atom is -0.324 e. The number of halogens is 1. The summed E-state index contributed by atoms with van der Waals surface area (Å²) in [6.45, 7) is 8.21. The third-order valence-corrected chi connectivity index (χ3v) is 3.14. The molecule has 0 spiro atoms. The summed E-state index contributed by atoms with van der Waals surface area (Å²) in [4.78, 5) is 0. The molecule has 1 rings (SSSR count). The van der Waals surface area contributed by atoms with Crippen LogP contribution in [0.5, 0.6) is 0 Å². The molecule has 1 atom stereocenters. The molecule has 0 heterocycles. The highest BCUT2D eigenvalue weighted by molar-refractivity contribution is 9.10. The molecule has 0 fully saturated rings. The average Bonchev–Trinajstić information content (AvgIpc) is 2.21. The van der Waals surface area contributed by atoms with E-state index < -0.39 is 0 Å². The third-order valence-electron chi connectivity index (χ3n) is 2.65. The quantitative estimate of drug-likeness (QED) is 0.817. The highest BCUT2D eigenvalue weighted by atomic mass is 79.9. The van der Waals surface area contributed by atoms with Crippen molar-refractivity contribution >= 4 is 15.9 Å². The van der Waals surface area contributed by atoms with E-state index in [0.29, 0.717) is 0 Å². The van der Waals surface area contributed by atoms with Crippen LogP contribution in [0.15, 0.2) is 34.8 Å². The summed E-state index contributed by atoms with van der Waals surface area (Å²) in [5.74, 6) is 0. The van der Waals surface area contributed by atoms with E-state index in [-0.39, 0.29) is 6.04 Å². The van der Waals surface area contributed by atoms with E-state index in [1.807, 2.05) is 6.07 Å². The standard InChI is InChI=1S/C13H18BrN/c1-4-9(2)7-13(15)12-8-11(14)6-5-10(12)3/h5-6,8,13H,2,4,7,15H2,1,3H3. The maximum absolute atomic E-state index is 6.16. The van der Waals surface area contributed by atoms with Crippen molar-refractivity contribution in [1.29, 1.82) is 0 Å². The van der Waals surface area contributed by atoms with E-state index in [1.165, 1.54) is 16.7 Å². The van der Waals surface area contributed by atoms with E-state index in [4.69, 9.17) is 5.73 Å². The van der Waals surface area contributed by atoms with E-state index in [9.17, 15) is 0 Å². The zero-order valence-corrected chi connectivity index (χ0v) is 11.0. The first-order chi connectivity index (χ1) is 7.04. The Balaban J connectivity index is 2.85. The lowest BCUT2D eigenvalue weighted by Gasteiger charge is -2.16. The zero-order valence-electron chi connectivity index (χ0n) is 9.39. The fraction of sp³-hybridized carbons (Fsp3) is 0.385. The topological polar surface area (TPSA) is 26.0 Å². The van der Waals surface area contributed by atoms with Gasteiger partial charge in [-0.1, -0.05) is 41.1 Å². The predicted octanol–water partition coefficient (Wildman–Crippen LogP) is 4.11. The maximum Gasteiger partial charge on any atom is 0.0335 e. The van der Waals surface area contributed by atoms with Crippen molar-refractivity contribution in [3.05, 3.63) is 46.0 Å². The monoisotopic (exact) mass is 267 g/mol. The SMILES string of the molecule is C=C(CC)CC(N)c1cc(Br)ccc1C. The smallest absolute Gasteiger partial charge is 0.0335 e. The van der Waals surface area contributed by atoms with Crippen molar-refractivity contribution in [2.75, 3.05) is 0 Å².